The molecule has 1 saturated heterocycles. The zero-order valence-electron chi connectivity index (χ0n) is 13.6. The van der Waals surface area contributed by atoms with Crippen molar-refractivity contribution < 1.29 is 13.9 Å². The van der Waals surface area contributed by atoms with Gasteiger partial charge in [-0.3, -0.25) is 10.1 Å². The fourth-order valence-electron chi connectivity index (χ4n) is 2.60. The van der Waals surface area contributed by atoms with E-state index in [1.807, 2.05) is 12.1 Å². The molecule has 0 radical (unpaired) electrons. The van der Waals surface area contributed by atoms with Crippen molar-refractivity contribution in [3.05, 3.63) is 47.4 Å². The summed E-state index contributed by atoms with van der Waals surface area (Å²) in [4.78, 5) is 23.1. The number of ether oxygens (including phenoxy) is 1. The Kier molecular flexibility index (Phi) is 4.87. The molecule has 7 nitrogen and oxygen atoms in total. The smallest absolute Gasteiger partial charge is 0.259 e. The first kappa shape index (κ1) is 17.0. The summed E-state index contributed by atoms with van der Waals surface area (Å²) in [6.07, 6.45) is 3.04. The summed E-state index contributed by atoms with van der Waals surface area (Å²) in [7, 11) is 0. The summed E-state index contributed by atoms with van der Waals surface area (Å²) >= 11 is 7.18. The van der Waals surface area contributed by atoms with E-state index in [0.717, 1.165) is 18.1 Å². The van der Waals surface area contributed by atoms with Crippen LogP contribution < -0.4 is 10.2 Å². The van der Waals surface area contributed by atoms with Crippen LogP contribution >= 0.6 is 22.9 Å². The van der Waals surface area contributed by atoms with Crippen LogP contribution in [0.3, 0.4) is 0 Å². The molecule has 1 aliphatic rings. The molecule has 1 N–H and O–H groups in total. The third-order valence-corrected chi connectivity index (χ3v) is 5.13. The molecular weight excluding hydrogens is 376 g/mol. The molecule has 0 atom stereocenters. The van der Waals surface area contributed by atoms with Crippen LogP contribution in [0.5, 0.6) is 0 Å². The summed E-state index contributed by atoms with van der Waals surface area (Å²) < 4.78 is 10.9. The van der Waals surface area contributed by atoms with E-state index in [2.05, 4.69) is 20.2 Å². The number of nitrogens with zero attached hydrogens (tertiary/aromatic N) is 3. The van der Waals surface area contributed by atoms with Crippen LogP contribution in [0, 0.1) is 0 Å². The molecule has 134 valence electrons. The average molecular weight is 391 g/mol. The third kappa shape index (κ3) is 3.57. The number of nitrogens with one attached hydrogen (secondary N) is 1. The van der Waals surface area contributed by atoms with Crippen molar-refractivity contribution in [2.45, 2.75) is 0 Å². The number of anilines is 2. The molecule has 0 spiro atoms. The fourth-order valence-corrected chi connectivity index (χ4v) is 3.73. The largest absolute Gasteiger partial charge is 0.463 e. The van der Waals surface area contributed by atoms with Gasteiger partial charge in [0.1, 0.15) is 15.8 Å². The van der Waals surface area contributed by atoms with Gasteiger partial charge in [0.05, 0.1) is 25.0 Å². The van der Waals surface area contributed by atoms with Crippen molar-refractivity contribution in [1.82, 2.24) is 9.97 Å². The number of carbonyl (C=O) groups is 1. The van der Waals surface area contributed by atoms with Crippen molar-refractivity contribution in [3.63, 3.8) is 0 Å². The Morgan fingerprint density at radius 3 is 2.81 bits per heavy atom. The molecule has 1 fully saturated rings. The van der Waals surface area contributed by atoms with Gasteiger partial charge in [-0.25, -0.2) is 9.97 Å². The summed E-state index contributed by atoms with van der Waals surface area (Å²) in [5.74, 6) is 0.374. The number of furan rings is 1. The molecule has 0 aromatic carbocycles. The van der Waals surface area contributed by atoms with Gasteiger partial charge in [-0.2, -0.15) is 0 Å². The van der Waals surface area contributed by atoms with Crippen LogP contribution in [-0.2, 0) is 4.74 Å². The monoisotopic (exact) mass is 390 g/mol. The lowest BCUT2D eigenvalue weighted by Gasteiger charge is -2.27. The van der Waals surface area contributed by atoms with Gasteiger partial charge < -0.3 is 14.1 Å². The number of rotatable bonds is 4. The number of amides is 1. The third-order valence-electron chi connectivity index (χ3n) is 3.87. The first-order chi connectivity index (χ1) is 12.7. The number of hydrogen-bond acceptors (Lipinski definition) is 7. The number of carbonyl (C=O) groups excluding carboxylic acids is 1. The van der Waals surface area contributed by atoms with Crippen LogP contribution in [0.15, 0.2) is 41.1 Å². The van der Waals surface area contributed by atoms with Crippen molar-refractivity contribution in [3.8, 4) is 11.5 Å². The second kappa shape index (κ2) is 7.45. The lowest BCUT2D eigenvalue weighted by atomic mass is 10.3. The Morgan fingerprint density at radius 1 is 1.27 bits per heavy atom. The first-order valence-electron chi connectivity index (χ1n) is 8.01. The molecule has 0 saturated carbocycles. The van der Waals surface area contributed by atoms with Gasteiger partial charge in [0.15, 0.2) is 10.9 Å². The summed E-state index contributed by atoms with van der Waals surface area (Å²) in [6, 6.07) is 6.86. The van der Waals surface area contributed by atoms with Gasteiger partial charge >= 0.3 is 0 Å². The number of pyridine rings is 1. The number of aromatic nitrogens is 2. The molecule has 4 rings (SSSR count). The Bertz CT molecular complexity index is 889. The van der Waals surface area contributed by atoms with Gasteiger partial charge in [-0.1, -0.05) is 22.9 Å². The van der Waals surface area contributed by atoms with Crippen LogP contribution in [0.4, 0.5) is 10.1 Å². The molecule has 3 aromatic heterocycles. The maximum atomic E-state index is 12.4. The second-order valence-corrected chi connectivity index (χ2v) is 6.94. The van der Waals surface area contributed by atoms with Crippen LogP contribution in [0.25, 0.3) is 11.5 Å². The average Bonchev–Trinajstić information content (AvgIpc) is 3.32. The highest BCUT2D eigenvalue weighted by atomic mass is 35.5. The molecule has 0 unspecified atom stereocenters. The second-order valence-electron chi connectivity index (χ2n) is 5.57. The van der Waals surface area contributed by atoms with Crippen molar-refractivity contribution in [2.24, 2.45) is 0 Å². The molecule has 0 bridgehead atoms. The van der Waals surface area contributed by atoms with Gasteiger partial charge in [-0.15, -0.1) is 0 Å². The summed E-state index contributed by atoms with van der Waals surface area (Å²) in [6.45, 7) is 2.86. The molecule has 4 heterocycles. The van der Waals surface area contributed by atoms with E-state index in [4.69, 9.17) is 20.8 Å². The topological polar surface area (TPSA) is 80.5 Å². The zero-order chi connectivity index (χ0) is 17.9. The lowest BCUT2D eigenvalue weighted by Crippen LogP contribution is -2.35. The van der Waals surface area contributed by atoms with E-state index in [1.165, 1.54) is 17.5 Å². The minimum Gasteiger partial charge on any atom is -0.463 e. The van der Waals surface area contributed by atoms with E-state index in [1.54, 1.807) is 18.4 Å². The first-order valence-corrected chi connectivity index (χ1v) is 9.20. The highest BCUT2D eigenvalue weighted by molar-refractivity contribution is 7.20. The Balaban J connectivity index is 1.62. The SMILES string of the molecule is O=C(Nc1nc(-c2ccco2)c(N2CCOCC2)s1)c1ccc(Cl)nc1. The van der Waals surface area contributed by atoms with E-state index >= 15 is 0 Å². The molecule has 3 aromatic rings. The van der Waals surface area contributed by atoms with Crippen LogP contribution in [-0.4, -0.2) is 42.2 Å². The minimum atomic E-state index is -0.289. The molecule has 26 heavy (non-hydrogen) atoms. The van der Waals surface area contributed by atoms with E-state index in [-0.39, 0.29) is 5.91 Å². The number of thiazole rings is 1. The quantitative estimate of drug-likeness (QED) is 0.686. The van der Waals surface area contributed by atoms with Gasteiger partial charge in [0.25, 0.3) is 5.91 Å². The van der Waals surface area contributed by atoms with Crippen molar-refractivity contribution >= 4 is 39.0 Å². The van der Waals surface area contributed by atoms with Crippen molar-refractivity contribution in [2.75, 3.05) is 36.5 Å². The number of halogens is 1. The predicted molar refractivity (Wildman–Crippen MR) is 100 cm³/mol. The van der Waals surface area contributed by atoms with Gasteiger partial charge in [0.2, 0.25) is 0 Å². The summed E-state index contributed by atoms with van der Waals surface area (Å²) in [5, 5.41) is 4.61. The van der Waals surface area contributed by atoms with Crippen LogP contribution in [0.1, 0.15) is 10.4 Å². The Labute approximate surface area is 158 Å². The Hall–Kier alpha value is -2.42. The van der Waals surface area contributed by atoms with Gasteiger partial charge in [-0.05, 0) is 24.3 Å². The lowest BCUT2D eigenvalue weighted by molar-refractivity contribution is 0.102. The molecule has 1 aliphatic heterocycles. The zero-order valence-corrected chi connectivity index (χ0v) is 15.2. The molecular formula is C17H15ClN4O3S. The minimum absolute atomic E-state index is 0.289. The summed E-state index contributed by atoms with van der Waals surface area (Å²) in [5.41, 5.74) is 1.13. The maximum Gasteiger partial charge on any atom is 0.259 e. The van der Waals surface area contributed by atoms with E-state index in [0.29, 0.717) is 40.5 Å². The van der Waals surface area contributed by atoms with E-state index < -0.39 is 0 Å². The van der Waals surface area contributed by atoms with Crippen LogP contribution in [0.2, 0.25) is 5.15 Å². The number of hydrogen-bond donors (Lipinski definition) is 1. The molecule has 9 heteroatoms. The Morgan fingerprint density at radius 2 is 2.12 bits per heavy atom. The molecule has 1 amide bonds. The highest BCUT2D eigenvalue weighted by Crippen LogP contribution is 2.39. The predicted octanol–water partition coefficient (Wildman–Crippen LogP) is 3.54. The van der Waals surface area contributed by atoms with E-state index in [9.17, 15) is 4.79 Å². The molecule has 0 aliphatic carbocycles. The van der Waals surface area contributed by atoms with Crippen molar-refractivity contribution in [1.29, 1.82) is 0 Å². The maximum absolute atomic E-state index is 12.4. The fraction of sp³-hybridized carbons (Fsp3) is 0.235. The van der Waals surface area contributed by atoms with Gasteiger partial charge in [0, 0.05) is 19.3 Å². The standard InChI is InChI=1S/C17H15ClN4O3S/c18-13-4-3-11(10-19-13)15(23)21-17-20-14(12-2-1-7-25-12)16(26-17)22-5-8-24-9-6-22/h1-4,7,10H,5-6,8-9H2,(H,20,21,23). The number of morpholine rings is 1. The normalized spacial score (nSPS) is 14.4. The highest BCUT2D eigenvalue weighted by Gasteiger charge is 2.23.